The molecule has 3 heterocycles. The Morgan fingerprint density at radius 3 is 2.29 bits per heavy atom. The molecule has 2 N–H and O–H groups in total. The first-order valence-corrected chi connectivity index (χ1v) is 12.8. The van der Waals surface area contributed by atoms with E-state index in [4.69, 9.17) is 9.31 Å². The summed E-state index contributed by atoms with van der Waals surface area (Å²) in [6.45, 7) is 3.89. The maximum absolute atomic E-state index is 13.6. The van der Waals surface area contributed by atoms with E-state index in [0.29, 0.717) is 19.3 Å². The molecule has 2 aliphatic rings. The third-order valence-electron chi connectivity index (χ3n) is 6.79. The number of likely N-dealkylation sites (N-methyl/N-ethyl adjacent to an activating group) is 1. The molecule has 1 aromatic heterocycles. The second kappa shape index (κ2) is 12.2. The first-order valence-electron chi connectivity index (χ1n) is 12.8. The van der Waals surface area contributed by atoms with Crippen molar-refractivity contribution in [2.75, 3.05) is 7.05 Å². The third-order valence-corrected chi connectivity index (χ3v) is 6.79. The van der Waals surface area contributed by atoms with Crippen LogP contribution in [-0.4, -0.2) is 76.9 Å². The summed E-state index contributed by atoms with van der Waals surface area (Å²) in [5.41, 5.74) is 0.899. The Hall–Kier alpha value is -3.80. The Morgan fingerprint density at radius 1 is 1.05 bits per heavy atom. The Labute approximate surface area is 221 Å². The summed E-state index contributed by atoms with van der Waals surface area (Å²) < 4.78 is 11.3. The number of amides is 2. The fourth-order valence-electron chi connectivity index (χ4n) is 4.82. The molecule has 2 aliphatic heterocycles. The highest BCUT2D eigenvalue weighted by Crippen LogP contribution is 2.27. The smallest absolute Gasteiger partial charge is 0.497 e. The van der Waals surface area contributed by atoms with E-state index in [1.165, 1.54) is 18.6 Å². The number of fused-ring (bicyclic) bond motifs is 2. The van der Waals surface area contributed by atoms with Crippen LogP contribution in [0.1, 0.15) is 49.2 Å². The van der Waals surface area contributed by atoms with E-state index in [0.717, 1.165) is 5.56 Å². The van der Waals surface area contributed by atoms with Gasteiger partial charge in [-0.25, -0.2) is 4.98 Å². The minimum absolute atomic E-state index is 0.0690. The topological polar surface area (TPSA) is 140 Å². The highest BCUT2D eigenvalue weighted by Gasteiger charge is 2.49. The first kappa shape index (κ1) is 27.2. The van der Waals surface area contributed by atoms with Gasteiger partial charge in [0.2, 0.25) is 5.91 Å². The van der Waals surface area contributed by atoms with Gasteiger partial charge in [0.25, 0.3) is 5.91 Å². The maximum atomic E-state index is 13.6. The van der Waals surface area contributed by atoms with Crippen molar-refractivity contribution in [2.45, 2.75) is 63.6 Å². The van der Waals surface area contributed by atoms with Gasteiger partial charge in [-0.3, -0.25) is 29.1 Å². The number of rotatable bonds is 9. The van der Waals surface area contributed by atoms with Gasteiger partial charge in [0.15, 0.2) is 0 Å². The molecule has 11 nitrogen and oxygen atoms in total. The van der Waals surface area contributed by atoms with Crippen molar-refractivity contribution in [1.82, 2.24) is 25.5 Å². The lowest BCUT2D eigenvalue weighted by atomic mass is 9.73. The summed E-state index contributed by atoms with van der Waals surface area (Å²) in [6, 6.07) is 7.19. The molecule has 2 fully saturated rings. The zero-order valence-electron chi connectivity index (χ0n) is 21.7. The standard InChI is InChI=1S/C26H32BN5O6/c1-16(2)13-22(27-37-25(35)20-9-10-21(32(20)3)26(36)38-27)31-23(33)18(14-17-7-5-4-6-8-17)30-24(34)19-15-28-11-12-29-19/h4-8,11-12,15-16,18,20-22H,9-10,13-14H2,1-3H3,(H,30,34)(H,31,33)/t18-,20-,21+,22-/m0/s1. The number of nitrogens with zero attached hydrogens (tertiary/aromatic N) is 3. The van der Waals surface area contributed by atoms with Crippen LogP contribution in [0.2, 0.25) is 0 Å². The Bertz CT molecular complexity index is 1130. The van der Waals surface area contributed by atoms with Gasteiger partial charge in [0.1, 0.15) is 23.8 Å². The summed E-state index contributed by atoms with van der Waals surface area (Å²) in [7, 11) is 0.415. The molecular weight excluding hydrogens is 489 g/mol. The molecule has 200 valence electrons. The van der Waals surface area contributed by atoms with Gasteiger partial charge >= 0.3 is 19.1 Å². The first-order chi connectivity index (χ1) is 18.2. The van der Waals surface area contributed by atoms with Crippen LogP contribution in [0.5, 0.6) is 0 Å². The molecule has 2 bridgehead atoms. The van der Waals surface area contributed by atoms with E-state index in [1.54, 1.807) is 11.9 Å². The summed E-state index contributed by atoms with van der Waals surface area (Å²) in [5.74, 6) is -2.79. The predicted molar refractivity (Wildman–Crippen MR) is 137 cm³/mol. The highest BCUT2D eigenvalue weighted by molar-refractivity contribution is 6.51. The Morgan fingerprint density at radius 2 is 1.71 bits per heavy atom. The minimum Gasteiger partial charge on any atom is -0.497 e. The molecular formula is C26H32BN5O6. The van der Waals surface area contributed by atoms with Crippen molar-refractivity contribution in [2.24, 2.45) is 5.92 Å². The van der Waals surface area contributed by atoms with Gasteiger partial charge in [0.05, 0.1) is 12.1 Å². The molecule has 38 heavy (non-hydrogen) atoms. The summed E-state index contributed by atoms with van der Waals surface area (Å²) >= 11 is 0. The van der Waals surface area contributed by atoms with Crippen molar-refractivity contribution >= 4 is 30.9 Å². The van der Waals surface area contributed by atoms with Gasteiger partial charge in [0, 0.05) is 18.8 Å². The average Bonchev–Trinajstić information content (AvgIpc) is 3.31. The van der Waals surface area contributed by atoms with Gasteiger partial charge in [-0.15, -0.1) is 0 Å². The van der Waals surface area contributed by atoms with Gasteiger partial charge in [-0.05, 0) is 37.8 Å². The molecule has 2 saturated heterocycles. The summed E-state index contributed by atoms with van der Waals surface area (Å²) in [5, 5.41) is 5.63. The fourth-order valence-corrected chi connectivity index (χ4v) is 4.82. The van der Waals surface area contributed by atoms with Crippen LogP contribution in [0.3, 0.4) is 0 Å². The molecule has 2 amide bonds. The molecule has 2 aromatic rings. The lowest BCUT2D eigenvalue weighted by Crippen LogP contribution is -2.59. The Kier molecular flexibility index (Phi) is 8.72. The van der Waals surface area contributed by atoms with E-state index >= 15 is 0 Å². The minimum atomic E-state index is -1.29. The molecule has 1 aromatic carbocycles. The molecule has 12 heteroatoms. The molecule has 0 radical (unpaired) electrons. The third kappa shape index (κ3) is 6.55. The predicted octanol–water partition coefficient (Wildman–Crippen LogP) is 0.939. The lowest BCUT2D eigenvalue weighted by molar-refractivity contribution is -0.151. The fraction of sp³-hybridized carbons (Fsp3) is 0.462. The van der Waals surface area contributed by atoms with E-state index in [2.05, 4.69) is 20.6 Å². The van der Waals surface area contributed by atoms with Crippen LogP contribution in [-0.2, 0) is 30.1 Å². The summed E-state index contributed by atoms with van der Waals surface area (Å²) in [6.07, 6.45) is 5.72. The van der Waals surface area contributed by atoms with Crippen LogP contribution in [0, 0.1) is 5.92 Å². The van der Waals surface area contributed by atoms with Crippen LogP contribution < -0.4 is 10.6 Å². The zero-order valence-corrected chi connectivity index (χ0v) is 21.7. The zero-order chi connectivity index (χ0) is 27.2. The van der Waals surface area contributed by atoms with E-state index < -0.39 is 54.9 Å². The number of carbonyl (C=O) groups is 4. The van der Waals surface area contributed by atoms with Crippen molar-refractivity contribution in [1.29, 1.82) is 0 Å². The number of hydrogen-bond donors (Lipinski definition) is 2. The van der Waals surface area contributed by atoms with Crippen molar-refractivity contribution in [3.63, 3.8) is 0 Å². The van der Waals surface area contributed by atoms with Crippen LogP contribution in [0.4, 0.5) is 0 Å². The van der Waals surface area contributed by atoms with E-state index in [1.807, 2.05) is 44.2 Å². The number of nitrogens with one attached hydrogen (secondary N) is 2. The van der Waals surface area contributed by atoms with E-state index in [-0.39, 0.29) is 18.0 Å². The van der Waals surface area contributed by atoms with Gasteiger partial charge in [-0.2, -0.15) is 0 Å². The highest BCUT2D eigenvalue weighted by atomic mass is 16.6. The normalized spacial score (nSPS) is 21.1. The number of aromatic nitrogens is 2. The maximum Gasteiger partial charge on any atom is 0.622 e. The molecule has 4 rings (SSSR count). The molecule has 0 aliphatic carbocycles. The number of carbonyl (C=O) groups excluding carboxylic acids is 4. The van der Waals surface area contributed by atoms with Crippen LogP contribution in [0.25, 0.3) is 0 Å². The van der Waals surface area contributed by atoms with Crippen molar-refractivity contribution in [3.8, 4) is 0 Å². The average molecular weight is 521 g/mol. The molecule has 0 saturated carbocycles. The molecule has 0 unspecified atom stereocenters. The van der Waals surface area contributed by atoms with Crippen molar-refractivity contribution < 1.29 is 28.5 Å². The SMILES string of the molecule is CC(C)C[C@H](NC(=O)[C@H](Cc1ccccc1)NC(=O)c1cnccn1)B1OC(=O)[C@H]2CC[C@@H](C(=O)O1)N2C. The number of benzene rings is 1. The van der Waals surface area contributed by atoms with Crippen molar-refractivity contribution in [3.05, 3.63) is 60.2 Å². The lowest BCUT2D eigenvalue weighted by Gasteiger charge is -2.32. The molecule has 0 spiro atoms. The number of hydrogen-bond acceptors (Lipinski definition) is 9. The van der Waals surface area contributed by atoms with Crippen LogP contribution in [0.15, 0.2) is 48.9 Å². The van der Waals surface area contributed by atoms with Gasteiger partial charge in [-0.1, -0.05) is 44.2 Å². The van der Waals surface area contributed by atoms with E-state index in [9.17, 15) is 19.2 Å². The largest absolute Gasteiger partial charge is 0.622 e. The Balaban J connectivity index is 1.55. The van der Waals surface area contributed by atoms with Crippen LogP contribution >= 0.6 is 0 Å². The second-order valence-corrected chi connectivity index (χ2v) is 10.1. The van der Waals surface area contributed by atoms with Gasteiger partial charge < -0.3 is 19.9 Å². The second-order valence-electron chi connectivity index (χ2n) is 10.1. The summed E-state index contributed by atoms with van der Waals surface area (Å²) in [4.78, 5) is 61.8. The molecule has 4 atom stereocenters. The quantitative estimate of drug-likeness (QED) is 0.462. The monoisotopic (exact) mass is 521 g/mol.